The Morgan fingerprint density at radius 2 is 1.80 bits per heavy atom. The second-order valence-electron chi connectivity index (χ2n) is 6.52. The third kappa shape index (κ3) is 2.16. The molecule has 0 saturated carbocycles. The van der Waals surface area contributed by atoms with E-state index in [4.69, 9.17) is 4.42 Å². The van der Waals surface area contributed by atoms with Crippen LogP contribution in [0.5, 0.6) is 5.75 Å². The molecule has 0 radical (unpaired) electrons. The number of rotatable bonds is 1. The van der Waals surface area contributed by atoms with E-state index in [1.165, 1.54) is 4.90 Å². The maximum Gasteiger partial charge on any atom is 0.290 e. The Hall–Kier alpha value is -3.08. The number of nitrogens with zero attached hydrogens (tertiary/aromatic N) is 1. The molecule has 0 bridgehead atoms. The maximum atomic E-state index is 13.1. The van der Waals surface area contributed by atoms with Crippen LogP contribution in [0.2, 0.25) is 0 Å². The molecule has 1 N–H and O–H groups in total. The monoisotopic (exact) mass is 335 g/mol. The van der Waals surface area contributed by atoms with Gasteiger partial charge in [-0.15, -0.1) is 0 Å². The molecular formula is C20H17NO4. The van der Waals surface area contributed by atoms with E-state index in [0.717, 1.165) is 11.1 Å². The van der Waals surface area contributed by atoms with Gasteiger partial charge in [0.15, 0.2) is 5.43 Å². The molecule has 0 spiro atoms. The second-order valence-corrected chi connectivity index (χ2v) is 6.52. The van der Waals surface area contributed by atoms with Crippen molar-refractivity contribution >= 4 is 16.9 Å². The Balaban J connectivity index is 2.05. The Bertz CT molecular complexity index is 1100. The fourth-order valence-corrected chi connectivity index (χ4v) is 3.43. The van der Waals surface area contributed by atoms with Gasteiger partial charge >= 0.3 is 0 Å². The second kappa shape index (κ2) is 5.21. The van der Waals surface area contributed by atoms with Crippen molar-refractivity contribution in [3.05, 3.63) is 74.6 Å². The fraction of sp³-hybridized carbons (Fsp3) is 0.200. The van der Waals surface area contributed by atoms with Gasteiger partial charge in [-0.2, -0.15) is 0 Å². The maximum absolute atomic E-state index is 13.1. The fourth-order valence-electron chi connectivity index (χ4n) is 3.43. The predicted octanol–water partition coefficient (Wildman–Crippen LogP) is 3.29. The van der Waals surface area contributed by atoms with Crippen LogP contribution in [-0.2, 0) is 0 Å². The largest absolute Gasteiger partial charge is 0.508 e. The van der Waals surface area contributed by atoms with Gasteiger partial charge in [-0.05, 0) is 54.8 Å². The number of carbonyl (C=O) groups is 1. The summed E-state index contributed by atoms with van der Waals surface area (Å²) < 4.78 is 5.83. The molecule has 2 aromatic carbocycles. The zero-order valence-electron chi connectivity index (χ0n) is 14.2. The number of fused-ring (bicyclic) bond motifs is 2. The quantitative estimate of drug-likeness (QED) is 0.741. The number of benzene rings is 2. The van der Waals surface area contributed by atoms with Crippen molar-refractivity contribution in [3.8, 4) is 5.75 Å². The SMILES string of the molecule is Cc1cc2oc3c(c(=O)c2cc1C)[C@@H](c1cccc(O)c1)N(C)C3=O. The molecule has 1 atom stereocenters. The van der Waals surface area contributed by atoms with Crippen LogP contribution < -0.4 is 5.43 Å². The summed E-state index contributed by atoms with van der Waals surface area (Å²) in [5.74, 6) is -0.166. The van der Waals surface area contributed by atoms with Gasteiger partial charge < -0.3 is 14.4 Å². The van der Waals surface area contributed by atoms with Crippen LogP contribution in [-0.4, -0.2) is 23.0 Å². The molecule has 3 aromatic rings. The smallest absolute Gasteiger partial charge is 0.290 e. The lowest BCUT2D eigenvalue weighted by Gasteiger charge is -2.20. The first-order chi connectivity index (χ1) is 11.9. The number of hydrogen-bond acceptors (Lipinski definition) is 4. The van der Waals surface area contributed by atoms with Gasteiger partial charge in [-0.25, -0.2) is 0 Å². The molecule has 4 rings (SSSR count). The van der Waals surface area contributed by atoms with Crippen LogP contribution >= 0.6 is 0 Å². The van der Waals surface area contributed by atoms with E-state index in [-0.39, 0.29) is 22.8 Å². The normalized spacial score (nSPS) is 16.5. The number of aromatic hydroxyl groups is 1. The lowest BCUT2D eigenvalue weighted by Crippen LogP contribution is -2.25. The van der Waals surface area contributed by atoms with E-state index in [1.807, 2.05) is 13.8 Å². The average Bonchev–Trinajstić information content (AvgIpc) is 2.82. The van der Waals surface area contributed by atoms with Gasteiger partial charge in [0.25, 0.3) is 5.91 Å². The summed E-state index contributed by atoms with van der Waals surface area (Å²) in [6, 6.07) is 9.62. The molecule has 25 heavy (non-hydrogen) atoms. The highest BCUT2D eigenvalue weighted by atomic mass is 16.3. The Morgan fingerprint density at radius 3 is 2.52 bits per heavy atom. The Kier molecular flexibility index (Phi) is 3.22. The van der Waals surface area contributed by atoms with E-state index < -0.39 is 6.04 Å². The van der Waals surface area contributed by atoms with Gasteiger partial charge in [-0.3, -0.25) is 9.59 Å². The number of hydrogen-bond donors (Lipinski definition) is 1. The molecule has 1 aromatic heterocycles. The van der Waals surface area contributed by atoms with E-state index in [0.29, 0.717) is 22.1 Å². The minimum Gasteiger partial charge on any atom is -0.508 e. The summed E-state index contributed by atoms with van der Waals surface area (Å²) >= 11 is 0. The standard InChI is InChI=1S/C20H17NO4/c1-10-7-14-15(8-11(10)2)25-19-16(18(14)23)17(21(3)20(19)24)12-5-4-6-13(22)9-12/h4-9,17,22H,1-3H3/t17-/m1/s1. The topological polar surface area (TPSA) is 70.8 Å². The average molecular weight is 335 g/mol. The van der Waals surface area contributed by atoms with E-state index in [2.05, 4.69) is 0 Å². The first-order valence-electron chi connectivity index (χ1n) is 8.02. The summed E-state index contributed by atoms with van der Waals surface area (Å²) in [5, 5.41) is 10.2. The zero-order chi connectivity index (χ0) is 17.9. The summed E-state index contributed by atoms with van der Waals surface area (Å²) in [5.41, 5.74) is 3.21. The molecule has 5 nitrogen and oxygen atoms in total. The zero-order valence-corrected chi connectivity index (χ0v) is 14.2. The Morgan fingerprint density at radius 1 is 1.08 bits per heavy atom. The molecule has 5 heteroatoms. The van der Waals surface area contributed by atoms with Crippen molar-refractivity contribution in [1.29, 1.82) is 0 Å². The van der Waals surface area contributed by atoms with Crippen molar-refractivity contribution in [2.75, 3.05) is 7.05 Å². The molecular weight excluding hydrogens is 318 g/mol. The summed E-state index contributed by atoms with van der Waals surface area (Å²) in [6.07, 6.45) is 0. The molecule has 0 unspecified atom stereocenters. The van der Waals surface area contributed by atoms with Gasteiger partial charge in [0.1, 0.15) is 11.3 Å². The minimum absolute atomic E-state index is 0.0802. The van der Waals surface area contributed by atoms with Crippen LogP contribution in [0.4, 0.5) is 0 Å². The highest BCUT2D eigenvalue weighted by Gasteiger charge is 2.40. The van der Waals surface area contributed by atoms with E-state index in [9.17, 15) is 14.7 Å². The minimum atomic E-state index is -0.572. The molecule has 1 amide bonds. The third-order valence-electron chi connectivity index (χ3n) is 4.90. The van der Waals surface area contributed by atoms with Crippen LogP contribution in [0, 0.1) is 13.8 Å². The predicted molar refractivity (Wildman–Crippen MR) is 94.0 cm³/mol. The lowest BCUT2D eigenvalue weighted by atomic mass is 9.97. The summed E-state index contributed by atoms with van der Waals surface area (Å²) in [7, 11) is 1.63. The van der Waals surface area contributed by atoms with Crippen molar-refractivity contribution < 1.29 is 14.3 Å². The van der Waals surface area contributed by atoms with Crippen molar-refractivity contribution in [1.82, 2.24) is 4.90 Å². The molecule has 0 saturated heterocycles. The number of aryl methyl sites for hydroxylation is 2. The summed E-state index contributed by atoms with van der Waals surface area (Å²) in [4.78, 5) is 27.3. The molecule has 1 aliphatic heterocycles. The Labute approximate surface area is 144 Å². The highest BCUT2D eigenvalue weighted by molar-refractivity contribution is 5.99. The van der Waals surface area contributed by atoms with Crippen LogP contribution in [0.25, 0.3) is 11.0 Å². The number of amides is 1. The summed E-state index contributed by atoms with van der Waals surface area (Å²) in [6.45, 7) is 3.87. The van der Waals surface area contributed by atoms with E-state index >= 15 is 0 Å². The molecule has 0 aliphatic carbocycles. The third-order valence-corrected chi connectivity index (χ3v) is 4.90. The first-order valence-corrected chi connectivity index (χ1v) is 8.02. The van der Waals surface area contributed by atoms with Crippen LogP contribution in [0.1, 0.15) is 38.9 Å². The first kappa shape index (κ1) is 15.4. The highest BCUT2D eigenvalue weighted by Crippen LogP contribution is 2.37. The number of phenolic OH excluding ortho intramolecular Hbond substituents is 1. The van der Waals surface area contributed by atoms with Crippen LogP contribution in [0.3, 0.4) is 0 Å². The molecule has 2 heterocycles. The van der Waals surface area contributed by atoms with Crippen molar-refractivity contribution in [3.63, 3.8) is 0 Å². The molecule has 1 aliphatic rings. The number of carbonyl (C=O) groups excluding carboxylic acids is 1. The van der Waals surface area contributed by atoms with Crippen molar-refractivity contribution in [2.24, 2.45) is 0 Å². The number of phenols is 1. The lowest BCUT2D eigenvalue weighted by molar-refractivity contribution is 0.0771. The molecule has 126 valence electrons. The van der Waals surface area contributed by atoms with Crippen LogP contribution in [0.15, 0.2) is 45.6 Å². The molecule has 0 fully saturated rings. The van der Waals surface area contributed by atoms with E-state index in [1.54, 1.807) is 43.4 Å². The van der Waals surface area contributed by atoms with Gasteiger partial charge in [0, 0.05) is 7.05 Å². The van der Waals surface area contributed by atoms with Gasteiger partial charge in [0.2, 0.25) is 5.76 Å². The van der Waals surface area contributed by atoms with Crippen molar-refractivity contribution in [2.45, 2.75) is 19.9 Å². The van der Waals surface area contributed by atoms with Gasteiger partial charge in [-0.1, -0.05) is 12.1 Å². The van der Waals surface area contributed by atoms with Gasteiger partial charge in [0.05, 0.1) is 17.0 Å².